The summed E-state index contributed by atoms with van der Waals surface area (Å²) in [6, 6.07) is 12.6. The number of carbonyl (C=O) groups excluding carboxylic acids is 1. The summed E-state index contributed by atoms with van der Waals surface area (Å²) in [6.07, 6.45) is 1.67. The Morgan fingerprint density at radius 3 is 2.80 bits per heavy atom. The molecule has 1 amide bonds. The molecule has 0 aliphatic carbocycles. The predicted octanol–water partition coefficient (Wildman–Crippen LogP) is 3.16. The van der Waals surface area contributed by atoms with Gasteiger partial charge in [-0.05, 0) is 39.3 Å². The number of hydrogen-bond donors (Lipinski definition) is 1. The second kappa shape index (κ2) is 7.83. The van der Waals surface area contributed by atoms with Gasteiger partial charge in [0.2, 0.25) is 5.91 Å². The molecule has 1 N–H and O–H groups in total. The number of nitrogens with one attached hydrogen (secondary N) is 1. The number of aromatic nitrogens is 2. The fourth-order valence-corrected chi connectivity index (χ4v) is 3.59. The fourth-order valence-electron chi connectivity index (χ4n) is 3.59. The molecule has 1 fully saturated rings. The van der Waals surface area contributed by atoms with E-state index >= 15 is 0 Å². The third-order valence-electron chi connectivity index (χ3n) is 4.88. The topological polar surface area (TPSA) is 52.2 Å². The van der Waals surface area contributed by atoms with E-state index in [0.717, 1.165) is 43.0 Å². The maximum absolute atomic E-state index is 12.0. The van der Waals surface area contributed by atoms with Crippen molar-refractivity contribution in [1.29, 1.82) is 0 Å². The lowest BCUT2D eigenvalue weighted by Gasteiger charge is -2.36. The van der Waals surface area contributed by atoms with Gasteiger partial charge in [0, 0.05) is 43.4 Å². The van der Waals surface area contributed by atoms with Crippen LogP contribution in [-0.2, 0) is 11.3 Å². The molecule has 0 bridgehead atoms. The molecule has 5 heteroatoms. The van der Waals surface area contributed by atoms with Crippen molar-refractivity contribution in [2.45, 2.75) is 39.3 Å². The summed E-state index contributed by atoms with van der Waals surface area (Å²) in [5, 5.41) is 7.58. The number of amides is 1. The van der Waals surface area contributed by atoms with Gasteiger partial charge in [-0.25, -0.2) is 0 Å². The quantitative estimate of drug-likeness (QED) is 0.879. The van der Waals surface area contributed by atoms with Gasteiger partial charge in [0.1, 0.15) is 0 Å². The van der Waals surface area contributed by atoms with E-state index in [-0.39, 0.29) is 0 Å². The number of H-pyrrole nitrogens is 1. The number of carbonyl (C=O) groups is 1. The average Bonchev–Trinajstić information content (AvgIpc) is 3.05. The van der Waals surface area contributed by atoms with Gasteiger partial charge in [0.25, 0.3) is 0 Å². The molecular formula is C20H28N4O. The first kappa shape index (κ1) is 17.7. The number of benzene rings is 1. The molecule has 25 heavy (non-hydrogen) atoms. The van der Waals surface area contributed by atoms with Crippen molar-refractivity contribution in [3.63, 3.8) is 0 Å². The molecule has 1 aromatic heterocycles. The number of likely N-dealkylation sites (tertiary alicyclic amines) is 1. The van der Waals surface area contributed by atoms with E-state index < -0.39 is 0 Å². The summed E-state index contributed by atoms with van der Waals surface area (Å²) < 4.78 is 0. The van der Waals surface area contributed by atoms with Gasteiger partial charge >= 0.3 is 0 Å². The Labute approximate surface area is 150 Å². The van der Waals surface area contributed by atoms with Crippen molar-refractivity contribution in [2.75, 3.05) is 20.1 Å². The van der Waals surface area contributed by atoms with Crippen LogP contribution in [-0.4, -0.2) is 52.1 Å². The molecule has 1 saturated heterocycles. The van der Waals surface area contributed by atoms with E-state index in [1.165, 1.54) is 0 Å². The Balaban J connectivity index is 1.55. The maximum Gasteiger partial charge on any atom is 0.222 e. The van der Waals surface area contributed by atoms with Gasteiger partial charge in [-0.1, -0.05) is 30.3 Å². The molecule has 0 radical (unpaired) electrons. The largest absolute Gasteiger partial charge is 0.340 e. The van der Waals surface area contributed by atoms with Crippen molar-refractivity contribution < 1.29 is 4.79 Å². The Hall–Kier alpha value is -2.14. The molecule has 2 aromatic rings. The third kappa shape index (κ3) is 4.48. The van der Waals surface area contributed by atoms with E-state index in [4.69, 9.17) is 0 Å². The molecule has 0 saturated carbocycles. The molecule has 2 heterocycles. The zero-order valence-corrected chi connectivity index (χ0v) is 15.4. The second-order valence-electron chi connectivity index (χ2n) is 7.39. The van der Waals surface area contributed by atoms with Crippen LogP contribution < -0.4 is 0 Å². The molecule has 3 rings (SSSR count). The van der Waals surface area contributed by atoms with Crippen molar-refractivity contribution in [3.8, 4) is 11.3 Å². The number of nitrogens with zero attached hydrogens (tertiary/aromatic N) is 3. The Kier molecular flexibility index (Phi) is 5.53. The highest BCUT2D eigenvalue weighted by molar-refractivity contribution is 5.77. The van der Waals surface area contributed by atoms with E-state index in [0.29, 0.717) is 24.3 Å². The Morgan fingerprint density at radius 2 is 2.08 bits per heavy atom. The highest BCUT2D eigenvalue weighted by Crippen LogP contribution is 2.21. The monoisotopic (exact) mass is 340 g/mol. The molecule has 1 aliphatic heterocycles. The minimum atomic E-state index is 0.293. The number of rotatable bonds is 6. The zero-order valence-electron chi connectivity index (χ0n) is 15.4. The van der Waals surface area contributed by atoms with Gasteiger partial charge in [0.15, 0.2) is 0 Å². The number of aromatic amines is 1. The third-order valence-corrected chi connectivity index (χ3v) is 4.88. The summed E-state index contributed by atoms with van der Waals surface area (Å²) in [4.78, 5) is 16.3. The summed E-state index contributed by atoms with van der Waals surface area (Å²) >= 11 is 0. The lowest BCUT2D eigenvalue weighted by atomic mass is 9.96. The normalized spacial score (nSPS) is 18.4. The van der Waals surface area contributed by atoms with E-state index in [9.17, 15) is 4.79 Å². The molecular weight excluding hydrogens is 312 g/mol. The minimum absolute atomic E-state index is 0.293. The van der Waals surface area contributed by atoms with Crippen LogP contribution in [0.5, 0.6) is 0 Å². The minimum Gasteiger partial charge on any atom is -0.340 e. The Morgan fingerprint density at radius 1 is 1.32 bits per heavy atom. The predicted molar refractivity (Wildman–Crippen MR) is 99.9 cm³/mol. The molecule has 1 atom stereocenters. The van der Waals surface area contributed by atoms with E-state index in [1.54, 1.807) is 0 Å². The van der Waals surface area contributed by atoms with Crippen LogP contribution in [0.1, 0.15) is 32.4 Å². The van der Waals surface area contributed by atoms with Gasteiger partial charge in [-0.2, -0.15) is 5.10 Å². The van der Waals surface area contributed by atoms with Crippen LogP contribution in [0.4, 0.5) is 0 Å². The standard InChI is InChI=1S/C20H28N4O/c1-15(2)24-13-16(9-10-20(24)25)12-23(3)14-18-11-19(22-21-18)17-7-5-4-6-8-17/h4-8,11,15-16H,9-10,12-14H2,1-3H3,(H,21,22). The molecule has 1 aromatic carbocycles. The van der Waals surface area contributed by atoms with Gasteiger partial charge in [-0.15, -0.1) is 0 Å². The highest BCUT2D eigenvalue weighted by atomic mass is 16.2. The first-order valence-corrected chi connectivity index (χ1v) is 9.10. The summed E-state index contributed by atoms with van der Waals surface area (Å²) in [7, 11) is 2.14. The first-order valence-electron chi connectivity index (χ1n) is 9.10. The fraction of sp³-hybridized carbons (Fsp3) is 0.500. The number of hydrogen-bond acceptors (Lipinski definition) is 3. The van der Waals surface area contributed by atoms with Gasteiger partial charge in [-0.3, -0.25) is 9.89 Å². The molecule has 5 nitrogen and oxygen atoms in total. The van der Waals surface area contributed by atoms with Crippen LogP contribution in [0.3, 0.4) is 0 Å². The van der Waals surface area contributed by atoms with Crippen molar-refractivity contribution in [2.24, 2.45) is 5.92 Å². The SMILES string of the molecule is CC(C)N1CC(CN(C)Cc2cc(-c3ccccc3)n[nH]2)CCC1=O. The van der Waals surface area contributed by atoms with Gasteiger partial charge < -0.3 is 9.80 Å². The first-order chi connectivity index (χ1) is 12.0. The van der Waals surface area contributed by atoms with Crippen molar-refractivity contribution >= 4 is 5.91 Å². The lowest BCUT2D eigenvalue weighted by Crippen LogP contribution is -2.46. The van der Waals surface area contributed by atoms with Gasteiger partial charge in [0.05, 0.1) is 5.69 Å². The van der Waals surface area contributed by atoms with Crippen LogP contribution in [0.25, 0.3) is 11.3 Å². The molecule has 0 spiro atoms. The second-order valence-corrected chi connectivity index (χ2v) is 7.39. The van der Waals surface area contributed by atoms with Crippen LogP contribution in [0.2, 0.25) is 0 Å². The Bertz CT molecular complexity index is 695. The summed E-state index contributed by atoms with van der Waals surface area (Å²) in [5.41, 5.74) is 3.23. The smallest absolute Gasteiger partial charge is 0.222 e. The number of piperidine rings is 1. The lowest BCUT2D eigenvalue weighted by molar-refractivity contribution is -0.136. The zero-order chi connectivity index (χ0) is 17.8. The van der Waals surface area contributed by atoms with Crippen molar-refractivity contribution in [3.05, 3.63) is 42.1 Å². The van der Waals surface area contributed by atoms with Crippen LogP contribution in [0.15, 0.2) is 36.4 Å². The van der Waals surface area contributed by atoms with E-state index in [1.807, 2.05) is 23.1 Å². The van der Waals surface area contributed by atoms with Crippen LogP contribution >= 0.6 is 0 Å². The average molecular weight is 340 g/mol. The highest BCUT2D eigenvalue weighted by Gasteiger charge is 2.27. The summed E-state index contributed by atoms with van der Waals surface area (Å²) in [5.74, 6) is 0.844. The van der Waals surface area contributed by atoms with Crippen LogP contribution in [0, 0.1) is 5.92 Å². The maximum atomic E-state index is 12.0. The molecule has 1 unspecified atom stereocenters. The van der Waals surface area contributed by atoms with Crippen molar-refractivity contribution in [1.82, 2.24) is 20.0 Å². The summed E-state index contributed by atoms with van der Waals surface area (Å²) in [6.45, 7) is 6.90. The molecule has 134 valence electrons. The van der Waals surface area contributed by atoms with E-state index in [2.05, 4.69) is 54.2 Å². The molecule has 1 aliphatic rings.